The molecule has 0 bridgehead atoms. The van der Waals surface area contributed by atoms with Crippen molar-refractivity contribution in [1.29, 1.82) is 0 Å². The predicted octanol–water partition coefficient (Wildman–Crippen LogP) is 5.32. The Morgan fingerprint density at radius 2 is 1.69 bits per heavy atom. The van der Waals surface area contributed by atoms with E-state index in [-0.39, 0.29) is 0 Å². The third-order valence-electron chi connectivity index (χ3n) is 6.64. The summed E-state index contributed by atoms with van der Waals surface area (Å²) in [7, 11) is 0. The molecule has 2 aliphatic heterocycles. The van der Waals surface area contributed by atoms with E-state index in [1.165, 1.54) is 76.1 Å². The smallest absolute Gasteiger partial charge is 0.128 e. The highest BCUT2D eigenvalue weighted by atomic mass is 15.2. The maximum atomic E-state index is 4.71. The van der Waals surface area contributed by atoms with Crippen molar-refractivity contribution in [1.82, 2.24) is 9.88 Å². The number of pyridine rings is 1. The second-order valence-electron chi connectivity index (χ2n) is 9.21. The first kappa shape index (κ1) is 19.7. The van der Waals surface area contributed by atoms with Crippen molar-refractivity contribution < 1.29 is 0 Å². The Morgan fingerprint density at radius 3 is 2.31 bits per heavy atom. The van der Waals surface area contributed by atoms with Gasteiger partial charge in [0.25, 0.3) is 0 Å². The van der Waals surface area contributed by atoms with Crippen LogP contribution in [0.1, 0.15) is 77.7 Å². The Balaban J connectivity index is 1.41. The van der Waals surface area contributed by atoms with Crippen LogP contribution in [0.4, 0.5) is 5.82 Å². The van der Waals surface area contributed by atoms with E-state index in [4.69, 9.17) is 4.98 Å². The molecule has 3 rings (SSSR count). The molecule has 1 aromatic heterocycles. The van der Waals surface area contributed by atoms with Gasteiger partial charge in [0.1, 0.15) is 5.82 Å². The lowest BCUT2D eigenvalue weighted by Crippen LogP contribution is -2.40. The summed E-state index contributed by atoms with van der Waals surface area (Å²) >= 11 is 0. The van der Waals surface area contributed by atoms with Gasteiger partial charge >= 0.3 is 0 Å². The van der Waals surface area contributed by atoms with Crippen LogP contribution in [-0.4, -0.2) is 42.1 Å². The molecule has 1 atom stereocenters. The van der Waals surface area contributed by atoms with E-state index in [1.54, 1.807) is 0 Å². The summed E-state index contributed by atoms with van der Waals surface area (Å²) in [6.07, 6.45) is 10.5. The fourth-order valence-electron chi connectivity index (χ4n) is 4.65. The van der Waals surface area contributed by atoms with Gasteiger partial charge in [-0.25, -0.2) is 4.98 Å². The van der Waals surface area contributed by atoms with Crippen molar-refractivity contribution in [2.45, 2.75) is 78.2 Å². The Labute approximate surface area is 161 Å². The van der Waals surface area contributed by atoms with Crippen molar-refractivity contribution in [2.24, 2.45) is 11.8 Å². The van der Waals surface area contributed by atoms with E-state index < -0.39 is 0 Å². The largest absolute Gasteiger partial charge is 0.357 e. The van der Waals surface area contributed by atoms with Gasteiger partial charge in [0.05, 0.1) is 0 Å². The zero-order valence-electron chi connectivity index (χ0n) is 17.5. The summed E-state index contributed by atoms with van der Waals surface area (Å²) < 4.78 is 0. The monoisotopic (exact) mass is 357 g/mol. The zero-order chi connectivity index (χ0) is 18.5. The van der Waals surface area contributed by atoms with E-state index >= 15 is 0 Å². The summed E-state index contributed by atoms with van der Waals surface area (Å²) in [6.45, 7) is 14.2. The van der Waals surface area contributed by atoms with E-state index in [1.807, 2.05) is 0 Å². The fraction of sp³-hybridized carbons (Fsp3) is 0.783. The van der Waals surface area contributed by atoms with Gasteiger partial charge in [-0.2, -0.15) is 0 Å². The summed E-state index contributed by atoms with van der Waals surface area (Å²) in [4.78, 5) is 9.88. The van der Waals surface area contributed by atoms with Crippen molar-refractivity contribution in [3.8, 4) is 0 Å². The molecule has 3 heteroatoms. The first-order valence-corrected chi connectivity index (χ1v) is 11.0. The Bertz CT molecular complexity index is 529. The minimum atomic E-state index is 0.564. The molecular weight excluding hydrogens is 318 g/mol. The normalized spacial score (nSPS) is 23.2. The number of likely N-dealkylation sites (tertiary alicyclic amines) is 1. The molecule has 2 saturated heterocycles. The molecule has 1 aromatic rings. The van der Waals surface area contributed by atoms with Gasteiger partial charge in [-0.05, 0) is 81.9 Å². The Kier molecular flexibility index (Phi) is 6.97. The van der Waals surface area contributed by atoms with Crippen molar-refractivity contribution in [3.63, 3.8) is 0 Å². The first-order valence-electron chi connectivity index (χ1n) is 11.0. The van der Waals surface area contributed by atoms with E-state index in [2.05, 4.69) is 55.8 Å². The van der Waals surface area contributed by atoms with Crippen molar-refractivity contribution in [2.75, 3.05) is 31.1 Å². The minimum Gasteiger partial charge on any atom is -0.357 e. The topological polar surface area (TPSA) is 19.4 Å². The highest BCUT2D eigenvalue weighted by molar-refractivity contribution is 5.40. The lowest BCUT2D eigenvalue weighted by atomic mass is 9.85. The van der Waals surface area contributed by atoms with Gasteiger partial charge in [0, 0.05) is 31.9 Å². The fourth-order valence-corrected chi connectivity index (χ4v) is 4.65. The maximum Gasteiger partial charge on any atom is 0.128 e. The average Bonchev–Trinajstić information content (AvgIpc) is 2.67. The van der Waals surface area contributed by atoms with Crippen LogP contribution >= 0.6 is 0 Å². The summed E-state index contributed by atoms with van der Waals surface area (Å²) in [6, 6.07) is 5.19. The van der Waals surface area contributed by atoms with E-state index in [0.717, 1.165) is 17.9 Å². The number of hydrogen-bond donors (Lipinski definition) is 0. The number of rotatable bonds is 6. The standard InChI is InChI=1S/C23H39N3/c1-18(2)22-9-10-23(24-16-22)25-14-11-20(12-15-25)7-8-21-6-5-13-26(17-21)19(3)4/h9-10,16,18-21H,5-8,11-15,17H2,1-4H3/t21-/m0/s1. The molecule has 146 valence electrons. The maximum absolute atomic E-state index is 4.71. The van der Waals surface area contributed by atoms with Crippen molar-refractivity contribution in [3.05, 3.63) is 23.9 Å². The third-order valence-corrected chi connectivity index (χ3v) is 6.64. The first-order chi connectivity index (χ1) is 12.5. The van der Waals surface area contributed by atoms with Crippen LogP contribution < -0.4 is 4.90 Å². The minimum absolute atomic E-state index is 0.564. The quantitative estimate of drug-likeness (QED) is 0.686. The number of aromatic nitrogens is 1. The Morgan fingerprint density at radius 1 is 0.962 bits per heavy atom. The second kappa shape index (κ2) is 9.21. The number of hydrogen-bond acceptors (Lipinski definition) is 3. The molecule has 0 saturated carbocycles. The van der Waals surface area contributed by atoms with Crippen LogP contribution in [0.3, 0.4) is 0 Å². The van der Waals surface area contributed by atoms with Crippen LogP contribution in [0.2, 0.25) is 0 Å². The Hall–Kier alpha value is -1.09. The van der Waals surface area contributed by atoms with Crippen LogP contribution in [0.15, 0.2) is 18.3 Å². The number of piperidine rings is 2. The lowest BCUT2D eigenvalue weighted by molar-refractivity contribution is 0.130. The predicted molar refractivity (Wildman–Crippen MR) is 112 cm³/mol. The van der Waals surface area contributed by atoms with Gasteiger partial charge in [-0.15, -0.1) is 0 Å². The van der Waals surface area contributed by atoms with E-state index in [0.29, 0.717) is 5.92 Å². The van der Waals surface area contributed by atoms with Crippen LogP contribution in [0.25, 0.3) is 0 Å². The third kappa shape index (κ3) is 5.22. The SMILES string of the molecule is CC(C)c1ccc(N2CCC(CC[C@@H]3CCCN(C(C)C)C3)CC2)nc1. The van der Waals surface area contributed by atoms with Gasteiger partial charge in [0.15, 0.2) is 0 Å². The molecule has 0 unspecified atom stereocenters. The average molecular weight is 358 g/mol. The van der Waals surface area contributed by atoms with Gasteiger partial charge < -0.3 is 9.80 Å². The zero-order valence-corrected chi connectivity index (χ0v) is 17.5. The lowest BCUT2D eigenvalue weighted by Gasteiger charge is -2.37. The molecule has 2 fully saturated rings. The second-order valence-corrected chi connectivity index (χ2v) is 9.21. The van der Waals surface area contributed by atoms with Gasteiger partial charge in [-0.1, -0.05) is 26.3 Å². The van der Waals surface area contributed by atoms with Gasteiger partial charge in [-0.3, -0.25) is 0 Å². The molecule has 0 spiro atoms. The highest BCUT2D eigenvalue weighted by Gasteiger charge is 2.24. The molecule has 0 aliphatic carbocycles. The molecule has 0 N–H and O–H groups in total. The van der Waals surface area contributed by atoms with Crippen LogP contribution in [0.5, 0.6) is 0 Å². The number of nitrogens with zero attached hydrogens (tertiary/aromatic N) is 3. The van der Waals surface area contributed by atoms with Crippen molar-refractivity contribution >= 4 is 5.82 Å². The number of anilines is 1. The molecule has 3 heterocycles. The summed E-state index contributed by atoms with van der Waals surface area (Å²) in [5.41, 5.74) is 1.34. The summed E-state index contributed by atoms with van der Waals surface area (Å²) in [5.74, 6) is 3.60. The van der Waals surface area contributed by atoms with Crippen LogP contribution in [-0.2, 0) is 0 Å². The molecule has 3 nitrogen and oxygen atoms in total. The molecule has 0 radical (unpaired) electrons. The molecule has 0 aromatic carbocycles. The van der Waals surface area contributed by atoms with Crippen LogP contribution in [0, 0.1) is 11.8 Å². The molecule has 2 aliphatic rings. The molecular formula is C23H39N3. The van der Waals surface area contributed by atoms with Gasteiger partial charge in [0.2, 0.25) is 0 Å². The summed E-state index contributed by atoms with van der Waals surface area (Å²) in [5, 5.41) is 0. The highest BCUT2D eigenvalue weighted by Crippen LogP contribution is 2.29. The molecule has 26 heavy (non-hydrogen) atoms. The molecule has 0 amide bonds. The van der Waals surface area contributed by atoms with E-state index in [9.17, 15) is 0 Å².